The monoisotopic (exact) mass is 303 g/mol. The van der Waals surface area contributed by atoms with E-state index in [1.54, 1.807) is 0 Å². The Hall–Kier alpha value is -0.0900. The summed E-state index contributed by atoms with van der Waals surface area (Å²) in [7, 11) is 0. The quantitative estimate of drug-likeness (QED) is 0.706. The lowest BCUT2D eigenvalue weighted by atomic mass is 9.91. The van der Waals surface area contributed by atoms with Crippen LogP contribution in [0.4, 0.5) is 0 Å². The minimum absolute atomic E-state index is 0.189. The lowest BCUT2D eigenvalue weighted by Crippen LogP contribution is -2.45. The van der Waals surface area contributed by atoms with Crippen LogP contribution < -0.4 is 0 Å². The first kappa shape index (κ1) is 13.3. The Bertz CT molecular complexity index is 250. The van der Waals surface area contributed by atoms with E-state index >= 15 is 0 Å². The molecule has 1 saturated carbocycles. The Labute approximate surface area is 112 Å². The third-order valence-corrected chi connectivity index (χ3v) is 4.36. The smallest absolute Gasteiger partial charge is 0.225 e. The third-order valence-electron chi connectivity index (χ3n) is 3.79. The van der Waals surface area contributed by atoms with E-state index in [1.807, 2.05) is 0 Å². The number of ether oxygens (including phenoxy) is 1. The number of alkyl halides is 1. The summed E-state index contributed by atoms with van der Waals surface area (Å²) >= 11 is 3.44. The Morgan fingerprint density at radius 3 is 2.65 bits per heavy atom. The fraction of sp³-hybridized carbons (Fsp3) is 0.923. The van der Waals surface area contributed by atoms with Gasteiger partial charge in [-0.25, -0.2) is 0 Å². The molecule has 1 aliphatic carbocycles. The topological polar surface area (TPSA) is 29.5 Å². The standard InChI is InChI=1S/C13H22BrNO2/c14-7-3-8-15(11-4-1-5-11)13(16)10-12-6-2-9-17-12/h11-12H,1-10H2. The molecular weight excluding hydrogens is 282 g/mol. The van der Waals surface area contributed by atoms with Crippen LogP contribution in [0.3, 0.4) is 0 Å². The highest BCUT2D eigenvalue weighted by molar-refractivity contribution is 9.09. The van der Waals surface area contributed by atoms with Crippen molar-refractivity contribution in [2.45, 2.75) is 57.1 Å². The van der Waals surface area contributed by atoms with E-state index in [0.717, 1.165) is 37.7 Å². The van der Waals surface area contributed by atoms with Crippen molar-refractivity contribution >= 4 is 21.8 Å². The molecular formula is C13H22BrNO2. The average molecular weight is 304 g/mol. The van der Waals surface area contributed by atoms with Crippen LogP contribution in [0, 0.1) is 0 Å². The summed E-state index contributed by atoms with van der Waals surface area (Å²) in [5.41, 5.74) is 0. The molecule has 2 aliphatic rings. The van der Waals surface area contributed by atoms with E-state index in [9.17, 15) is 4.79 Å². The van der Waals surface area contributed by atoms with Gasteiger partial charge in [-0.05, 0) is 38.5 Å². The van der Waals surface area contributed by atoms with Gasteiger partial charge in [-0.2, -0.15) is 0 Å². The van der Waals surface area contributed by atoms with E-state index in [-0.39, 0.29) is 6.10 Å². The Kier molecular flexibility index (Phi) is 5.29. The Morgan fingerprint density at radius 1 is 1.29 bits per heavy atom. The average Bonchev–Trinajstić information content (AvgIpc) is 2.73. The first-order valence-electron chi connectivity index (χ1n) is 6.78. The Morgan fingerprint density at radius 2 is 2.12 bits per heavy atom. The molecule has 1 amide bonds. The van der Waals surface area contributed by atoms with Gasteiger partial charge >= 0.3 is 0 Å². The number of hydrogen-bond acceptors (Lipinski definition) is 2. The maximum Gasteiger partial charge on any atom is 0.225 e. The first-order chi connectivity index (χ1) is 8.31. The van der Waals surface area contributed by atoms with E-state index in [4.69, 9.17) is 4.74 Å². The van der Waals surface area contributed by atoms with Crippen LogP contribution in [0.2, 0.25) is 0 Å². The van der Waals surface area contributed by atoms with Crippen LogP contribution in [0.15, 0.2) is 0 Å². The summed E-state index contributed by atoms with van der Waals surface area (Å²) in [4.78, 5) is 14.4. The van der Waals surface area contributed by atoms with Gasteiger partial charge in [0.2, 0.25) is 5.91 Å². The van der Waals surface area contributed by atoms with Gasteiger partial charge in [0.1, 0.15) is 0 Å². The van der Waals surface area contributed by atoms with Gasteiger partial charge in [0.05, 0.1) is 12.5 Å². The summed E-state index contributed by atoms with van der Waals surface area (Å²) in [6.45, 7) is 1.74. The van der Waals surface area contributed by atoms with E-state index in [0.29, 0.717) is 18.4 Å². The van der Waals surface area contributed by atoms with E-state index < -0.39 is 0 Å². The van der Waals surface area contributed by atoms with Gasteiger partial charge in [-0.3, -0.25) is 4.79 Å². The van der Waals surface area contributed by atoms with E-state index in [2.05, 4.69) is 20.8 Å². The molecule has 2 fully saturated rings. The molecule has 3 nitrogen and oxygen atoms in total. The molecule has 1 heterocycles. The molecule has 1 unspecified atom stereocenters. The highest BCUT2D eigenvalue weighted by Crippen LogP contribution is 2.27. The van der Waals surface area contributed by atoms with Crippen molar-refractivity contribution in [1.29, 1.82) is 0 Å². The number of rotatable bonds is 6. The molecule has 17 heavy (non-hydrogen) atoms. The Balaban J connectivity index is 1.82. The number of halogens is 1. The van der Waals surface area contributed by atoms with Crippen LogP contribution in [0.1, 0.15) is 44.9 Å². The number of amides is 1. The SMILES string of the molecule is O=C(CC1CCCO1)N(CCCBr)C1CCC1. The predicted molar refractivity (Wildman–Crippen MR) is 71.4 cm³/mol. The van der Waals surface area contributed by atoms with Crippen molar-refractivity contribution in [3.05, 3.63) is 0 Å². The number of carbonyl (C=O) groups excluding carboxylic acids is 1. The van der Waals surface area contributed by atoms with Gasteiger partial charge < -0.3 is 9.64 Å². The molecule has 0 N–H and O–H groups in total. The lowest BCUT2D eigenvalue weighted by molar-refractivity contribution is -0.137. The molecule has 2 rings (SSSR count). The second kappa shape index (κ2) is 6.74. The third kappa shape index (κ3) is 3.68. The molecule has 0 aromatic heterocycles. The van der Waals surface area contributed by atoms with Crippen molar-refractivity contribution in [2.24, 2.45) is 0 Å². The summed E-state index contributed by atoms with van der Waals surface area (Å²) in [5, 5.41) is 0.976. The first-order valence-corrected chi connectivity index (χ1v) is 7.90. The zero-order chi connectivity index (χ0) is 12.1. The molecule has 0 radical (unpaired) electrons. The molecule has 1 saturated heterocycles. The number of hydrogen-bond donors (Lipinski definition) is 0. The van der Waals surface area contributed by atoms with Gasteiger partial charge in [0.15, 0.2) is 0 Å². The van der Waals surface area contributed by atoms with Gasteiger partial charge in [0, 0.05) is 24.5 Å². The summed E-state index contributed by atoms with van der Waals surface area (Å²) in [6, 6.07) is 0.517. The van der Waals surface area contributed by atoms with Crippen molar-refractivity contribution in [1.82, 2.24) is 4.90 Å². The molecule has 1 aliphatic heterocycles. The van der Waals surface area contributed by atoms with Gasteiger partial charge in [-0.1, -0.05) is 15.9 Å². The minimum atomic E-state index is 0.189. The van der Waals surface area contributed by atoms with Crippen molar-refractivity contribution in [3.63, 3.8) is 0 Å². The zero-order valence-electron chi connectivity index (χ0n) is 10.4. The normalized spacial score (nSPS) is 24.6. The predicted octanol–water partition coefficient (Wildman–Crippen LogP) is 2.72. The van der Waals surface area contributed by atoms with Crippen molar-refractivity contribution in [2.75, 3.05) is 18.5 Å². The highest BCUT2D eigenvalue weighted by Gasteiger charge is 2.30. The van der Waals surface area contributed by atoms with Crippen molar-refractivity contribution in [3.8, 4) is 0 Å². The fourth-order valence-corrected chi connectivity index (χ4v) is 2.81. The van der Waals surface area contributed by atoms with Crippen LogP contribution in [0.25, 0.3) is 0 Å². The molecule has 4 heteroatoms. The van der Waals surface area contributed by atoms with E-state index in [1.165, 1.54) is 19.3 Å². The van der Waals surface area contributed by atoms with Gasteiger partial charge in [-0.15, -0.1) is 0 Å². The summed E-state index contributed by atoms with van der Waals surface area (Å²) in [5.74, 6) is 0.308. The summed E-state index contributed by atoms with van der Waals surface area (Å²) < 4.78 is 5.55. The molecule has 0 aromatic carbocycles. The van der Waals surface area contributed by atoms with Crippen molar-refractivity contribution < 1.29 is 9.53 Å². The lowest BCUT2D eigenvalue weighted by Gasteiger charge is -2.38. The maximum absolute atomic E-state index is 12.3. The maximum atomic E-state index is 12.3. The number of carbonyl (C=O) groups is 1. The number of nitrogens with zero attached hydrogens (tertiary/aromatic N) is 1. The highest BCUT2D eigenvalue weighted by atomic mass is 79.9. The van der Waals surface area contributed by atoms with Crippen LogP contribution in [0.5, 0.6) is 0 Å². The summed E-state index contributed by atoms with van der Waals surface area (Å²) in [6.07, 6.45) is 7.67. The molecule has 0 spiro atoms. The fourth-order valence-electron chi connectivity index (χ4n) is 2.56. The molecule has 0 bridgehead atoms. The van der Waals surface area contributed by atoms with Crippen LogP contribution >= 0.6 is 15.9 Å². The second-order valence-electron chi connectivity index (χ2n) is 5.05. The largest absolute Gasteiger partial charge is 0.378 e. The molecule has 1 atom stereocenters. The van der Waals surface area contributed by atoms with Crippen LogP contribution in [-0.2, 0) is 9.53 Å². The molecule has 0 aromatic rings. The minimum Gasteiger partial charge on any atom is -0.378 e. The zero-order valence-corrected chi connectivity index (χ0v) is 12.0. The van der Waals surface area contributed by atoms with Gasteiger partial charge in [0.25, 0.3) is 0 Å². The molecule has 98 valence electrons. The van der Waals surface area contributed by atoms with Crippen LogP contribution in [-0.4, -0.2) is 41.4 Å². The second-order valence-corrected chi connectivity index (χ2v) is 5.85.